The van der Waals surface area contributed by atoms with Crippen molar-refractivity contribution in [1.82, 2.24) is 0 Å². The lowest BCUT2D eigenvalue weighted by Gasteiger charge is -2.10. The van der Waals surface area contributed by atoms with Crippen molar-refractivity contribution in [3.8, 4) is 0 Å². The number of carbonyl (C=O) groups is 1. The van der Waals surface area contributed by atoms with Crippen LogP contribution in [0.3, 0.4) is 0 Å². The van der Waals surface area contributed by atoms with Gasteiger partial charge in [-0.3, -0.25) is 4.79 Å². The Labute approximate surface area is 115 Å². The second kappa shape index (κ2) is 5.28. The summed E-state index contributed by atoms with van der Waals surface area (Å²) in [7, 11) is 0. The first-order chi connectivity index (χ1) is 9.38. The Balaban J connectivity index is 2.32. The summed E-state index contributed by atoms with van der Waals surface area (Å²) < 4.78 is 27.1. The van der Waals surface area contributed by atoms with Gasteiger partial charge in [0.05, 0.1) is 11.3 Å². The molecule has 5 heteroatoms. The first-order valence-electron chi connectivity index (χ1n) is 6.01. The zero-order valence-corrected chi connectivity index (χ0v) is 11.1. The van der Waals surface area contributed by atoms with Gasteiger partial charge in [0.15, 0.2) is 0 Å². The molecule has 0 saturated carbocycles. The smallest absolute Gasteiger partial charge is 0.257 e. The first kappa shape index (κ1) is 14.0. The van der Waals surface area contributed by atoms with Crippen LogP contribution in [0.25, 0.3) is 0 Å². The Morgan fingerprint density at radius 2 is 1.80 bits per heavy atom. The van der Waals surface area contributed by atoms with Gasteiger partial charge in [-0.1, -0.05) is 11.6 Å². The van der Waals surface area contributed by atoms with Crippen molar-refractivity contribution in [3.63, 3.8) is 0 Å². The molecular weight excluding hydrogens is 262 g/mol. The highest BCUT2D eigenvalue weighted by Crippen LogP contribution is 2.21. The molecule has 3 N–H and O–H groups in total. The van der Waals surface area contributed by atoms with E-state index in [9.17, 15) is 13.6 Å². The van der Waals surface area contributed by atoms with Crippen molar-refractivity contribution in [2.24, 2.45) is 0 Å². The Hall–Kier alpha value is -2.43. The minimum absolute atomic E-state index is 0.176. The molecular formula is C15H14F2N2O. The van der Waals surface area contributed by atoms with Crippen LogP contribution in [0.15, 0.2) is 30.3 Å². The van der Waals surface area contributed by atoms with Crippen LogP contribution in [-0.4, -0.2) is 5.91 Å². The molecule has 0 spiro atoms. The van der Waals surface area contributed by atoms with Crippen LogP contribution >= 0.6 is 0 Å². The van der Waals surface area contributed by atoms with E-state index in [1.54, 1.807) is 18.2 Å². The van der Waals surface area contributed by atoms with Gasteiger partial charge in [0.2, 0.25) is 0 Å². The molecule has 0 heterocycles. The van der Waals surface area contributed by atoms with Gasteiger partial charge in [0.25, 0.3) is 5.91 Å². The highest BCUT2D eigenvalue weighted by Gasteiger charge is 2.14. The maximum absolute atomic E-state index is 13.7. The molecule has 2 aromatic carbocycles. The van der Waals surface area contributed by atoms with E-state index in [0.717, 1.165) is 17.7 Å². The Morgan fingerprint density at radius 1 is 1.10 bits per heavy atom. The summed E-state index contributed by atoms with van der Waals surface area (Å²) in [5, 5.41) is 2.33. The van der Waals surface area contributed by atoms with E-state index < -0.39 is 17.5 Å². The lowest BCUT2D eigenvalue weighted by Crippen LogP contribution is -2.15. The van der Waals surface area contributed by atoms with Gasteiger partial charge in [-0.2, -0.15) is 0 Å². The third kappa shape index (κ3) is 2.77. The third-order valence-electron chi connectivity index (χ3n) is 2.95. The summed E-state index contributed by atoms with van der Waals surface area (Å²) in [6.07, 6.45) is 0. The molecule has 0 atom stereocenters. The molecule has 0 radical (unpaired) electrons. The van der Waals surface area contributed by atoms with Crippen LogP contribution in [0, 0.1) is 25.5 Å². The normalized spacial score (nSPS) is 10.4. The molecule has 3 nitrogen and oxygen atoms in total. The monoisotopic (exact) mass is 276 g/mol. The Bertz CT molecular complexity index is 684. The molecule has 0 bridgehead atoms. The lowest BCUT2D eigenvalue weighted by atomic mass is 10.1. The molecule has 0 aliphatic rings. The van der Waals surface area contributed by atoms with Crippen molar-refractivity contribution in [1.29, 1.82) is 0 Å². The minimum Gasteiger partial charge on any atom is -0.398 e. The summed E-state index contributed by atoms with van der Waals surface area (Å²) in [5.74, 6) is -1.85. The van der Waals surface area contributed by atoms with E-state index in [4.69, 9.17) is 5.73 Å². The number of rotatable bonds is 2. The van der Waals surface area contributed by atoms with Crippen LogP contribution in [0.4, 0.5) is 20.2 Å². The van der Waals surface area contributed by atoms with Crippen molar-refractivity contribution >= 4 is 17.3 Å². The fourth-order valence-corrected chi connectivity index (χ4v) is 1.80. The standard InChI is InChI=1S/C15H14F2N2O/c1-8-3-4-13(18)10(5-8)15(20)19-14-7-11(16)9(2)6-12(14)17/h3-7H,18H2,1-2H3,(H,19,20). The van der Waals surface area contributed by atoms with Crippen LogP contribution < -0.4 is 11.1 Å². The van der Waals surface area contributed by atoms with Crippen LogP contribution in [0.2, 0.25) is 0 Å². The summed E-state index contributed by atoms with van der Waals surface area (Å²) in [6, 6.07) is 6.93. The number of nitrogen functional groups attached to an aromatic ring is 1. The molecule has 1 amide bonds. The molecule has 2 rings (SSSR count). The van der Waals surface area contributed by atoms with E-state index in [1.807, 2.05) is 6.92 Å². The van der Waals surface area contributed by atoms with Crippen LogP contribution in [-0.2, 0) is 0 Å². The zero-order valence-electron chi connectivity index (χ0n) is 11.1. The summed E-state index contributed by atoms with van der Waals surface area (Å²) in [6.45, 7) is 3.25. The van der Waals surface area contributed by atoms with Gasteiger partial charge in [-0.05, 0) is 37.6 Å². The highest BCUT2D eigenvalue weighted by atomic mass is 19.1. The number of anilines is 2. The first-order valence-corrected chi connectivity index (χ1v) is 6.01. The number of halogens is 2. The number of aryl methyl sites for hydroxylation is 2. The van der Waals surface area contributed by atoms with Crippen molar-refractivity contribution in [2.45, 2.75) is 13.8 Å². The molecule has 2 aromatic rings. The fourth-order valence-electron chi connectivity index (χ4n) is 1.80. The number of benzene rings is 2. The molecule has 0 aliphatic heterocycles. The second-order valence-corrected chi connectivity index (χ2v) is 4.63. The lowest BCUT2D eigenvalue weighted by molar-refractivity contribution is 0.102. The molecule has 0 saturated heterocycles. The van der Waals surface area contributed by atoms with E-state index in [-0.39, 0.29) is 22.5 Å². The third-order valence-corrected chi connectivity index (χ3v) is 2.95. The number of amides is 1. The summed E-state index contributed by atoms with van der Waals surface area (Å²) in [5.41, 5.74) is 7.03. The number of carbonyl (C=O) groups excluding carboxylic acids is 1. The maximum atomic E-state index is 13.7. The second-order valence-electron chi connectivity index (χ2n) is 4.63. The SMILES string of the molecule is Cc1ccc(N)c(C(=O)Nc2cc(F)c(C)cc2F)c1. The highest BCUT2D eigenvalue weighted by molar-refractivity contribution is 6.07. The predicted octanol–water partition coefficient (Wildman–Crippen LogP) is 3.42. The van der Waals surface area contributed by atoms with Gasteiger partial charge < -0.3 is 11.1 Å². The molecule has 0 unspecified atom stereocenters. The average Bonchev–Trinajstić information content (AvgIpc) is 2.38. The molecule has 20 heavy (non-hydrogen) atoms. The van der Waals surface area contributed by atoms with Crippen LogP contribution in [0.5, 0.6) is 0 Å². The fraction of sp³-hybridized carbons (Fsp3) is 0.133. The summed E-state index contributed by atoms with van der Waals surface area (Å²) >= 11 is 0. The molecule has 0 aromatic heterocycles. The average molecular weight is 276 g/mol. The van der Waals surface area contributed by atoms with Crippen molar-refractivity contribution in [2.75, 3.05) is 11.1 Å². The van der Waals surface area contributed by atoms with Gasteiger partial charge >= 0.3 is 0 Å². The van der Waals surface area contributed by atoms with E-state index in [0.29, 0.717) is 0 Å². The Morgan fingerprint density at radius 3 is 2.50 bits per heavy atom. The zero-order chi connectivity index (χ0) is 14.9. The predicted molar refractivity (Wildman–Crippen MR) is 74.6 cm³/mol. The Kier molecular flexibility index (Phi) is 3.70. The quantitative estimate of drug-likeness (QED) is 0.826. The van der Waals surface area contributed by atoms with Gasteiger partial charge in [0.1, 0.15) is 11.6 Å². The number of nitrogens with one attached hydrogen (secondary N) is 1. The van der Waals surface area contributed by atoms with E-state index >= 15 is 0 Å². The van der Waals surface area contributed by atoms with Crippen molar-refractivity contribution < 1.29 is 13.6 Å². The largest absolute Gasteiger partial charge is 0.398 e. The van der Waals surface area contributed by atoms with Gasteiger partial charge in [-0.15, -0.1) is 0 Å². The number of nitrogens with two attached hydrogens (primary N) is 1. The van der Waals surface area contributed by atoms with E-state index in [2.05, 4.69) is 5.32 Å². The number of hydrogen-bond acceptors (Lipinski definition) is 2. The minimum atomic E-state index is -0.691. The molecule has 104 valence electrons. The van der Waals surface area contributed by atoms with Gasteiger partial charge in [-0.25, -0.2) is 8.78 Å². The van der Waals surface area contributed by atoms with Gasteiger partial charge in [0, 0.05) is 11.8 Å². The molecule has 0 aliphatic carbocycles. The van der Waals surface area contributed by atoms with Crippen LogP contribution in [0.1, 0.15) is 21.5 Å². The summed E-state index contributed by atoms with van der Waals surface area (Å²) in [4.78, 5) is 12.1. The maximum Gasteiger partial charge on any atom is 0.257 e. The van der Waals surface area contributed by atoms with Crippen molar-refractivity contribution in [3.05, 3.63) is 58.7 Å². The van der Waals surface area contributed by atoms with E-state index in [1.165, 1.54) is 6.92 Å². The number of hydrogen-bond donors (Lipinski definition) is 2. The molecule has 0 fully saturated rings. The topological polar surface area (TPSA) is 55.1 Å².